The summed E-state index contributed by atoms with van der Waals surface area (Å²) in [5.74, 6) is 0.548. The Morgan fingerprint density at radius 1 is 1.05 bits per heavy atom. The van der Waals surface area contributed by atoms with Crippen LogP contribution < -0.4 is 0 Å². The van der Waals surface area contributed by atoms with Gasteiger partial charge < -0.3 is 9.80 Å². The molecule has 0 spiro atoms. The van der Waals surface area contributed by atoms with Gasteiger partial charge in [0.2, 0.25) is 5.91 Å². The van der Waals surface area contributed by atoms with E-state index >= 15 is 0 Å². The topological polar surface area (TPSA) is 36.0 Å². The summed E-state index contributed by atoms with van der Waals surface area (Å²) in [6, 6.07) is 0.545. The number of piperazine rings is 1. The summed E-state index contributed by atoms with van der Waals surface area (Å²) >= 11 is 0. The molecule has 5 nitrogen and oxygen atoms in total. The van der Waals surface area contributed by atoms with Crippen LogP contribution >= 0.6 is 0 Å². The number of carbonyl (C=O) groups excluding carboxylic acids is 1. The van der Waals surface area contributed by atoms with Crippen molar-refractivity contribution in [3.05, 3.63) is 0 Å². The molecule has 2 aliphatic rings. The van der Waals surface area contributed by atoms with E-state index in [9.17, 15) is 4.79 Å². The van der Waals surface area contributed by atoms with Crippen LogP contribution in [0.5, 0.6) is 0 Å². The highest BCUT2D eigenvalue weighted by atomic mass is 16.7. The molecule has 0 aromatic carbocycles. The Morgan fingerprint density at radius 3 is 2.20 bits per heavy atom. The van der Waals surface area contributed by atoms with E-state index in [4.69, 9.17) is 4.84 Å². The molecule has 20 heavy (non-hydrogen) atoms. The first kappa shape index (κ1) is 15.7. The number of amides is 1. The second-order valence-electron chi connectivity index (χ2n) is 6.48. The maximum Gasteiger partial charge on any atom is 0.227 e. The van der Waals surface area contributed by atoms with Gasteiger partial charge in [-0.2, -0.15) is 5.06 Å². The van der Waals surface area contributed by atoms with Gasteiger partial charge in [-0.25, -0.2) is 0 Å². The Labute approximate surface area is 122 Å². The second-order valence-corrected chi connectivity index (χ2v) is 6.48. The predicted molar refractivity (Wildman–Crippen MR) is 79.2 cm³/mol. The molecule has 0 radical (unpaired) electrons. The van der Waals surface area contributed by atoms with Gasteiger partial charge in [0.1, 0.15) is 0 Å². The Balaban J connectivity index is 1.78. The van der Waals surface area contributed by atoms with Crippen molar-refractivity contribution in [2.45, 2.75) is 46.3 Å². The number of carbonyl (C=O) groups is 1. The summed E-state index contributed by atoms with van der Waals surface area (Å²) in [7, 11) is 0. The highest BCUT2D eigenvalue weighted by Gasteiger charge is 2.33. The first-order valence-corrected chi connectivity index (χ1v) is 7.92. The lowest BCUT2D eigenvalue weighted by Crippen LogP contribution is -2.51. The molecule has 0 aliphatic carbocycles. The third kappa shape index (κ3) is 3.93. The van der Waals surface area contributed by atoms with Crippen molar-refractivity contribution in [3.8, 4) is 0 Å². The minimum absolute atomic E-state index is 0.204. The van der Waals surface area contributed by atoms with Gasteiger partial charge in [0.05, 0.1) is 12.0 Å². The Bertz CT molecular complexity index is 325. The van der Waals surface area contributed by atoms with Crippen LogP contribution in [-0.2, 0) is 9.63 Å². The zero-order valence-corrected chi connectivity index (χ0v) is 13.3. The van der Waals surface area contributed by atoms with Crippen molar-refractivity contribution in [1.82, 2.24) is 14.9 Å². The first-order valence-electron chi connectivity index (χ1n) is 7.92. The van der Waals surface area contributed by atoms with Crippen LogP contribution in [0.25, 0.3) is 0 Å². The summed E-state index contributed by atoms with van der Waals surface area (Å²) in [5.41, 5.74) is 0. The molecule has 5 heteroatoms. The van der Waals surface area contributed by atoms with E-state index in [1.807, 2.05) is 23.8 Å². The predicted octanol–water partition coefficient (Wildman–Crippen LogP) is 1.20. The molecule has 0 saturated carbocycles. The van der Waals surface area contributed by atoms with Gasteiger partial charge in [-0.05, 0) is 40.7 Å². The molecule has 0 N–H and O–H groups in total. The average Bonchev–Trinajstić information content (AvgIpc) is 2.88. The maximum absolute atomic E-state index is 12.5. The lowest BCUT2D eigenvalue weighted by Gasteiger charge is -2.36. The normalized spacial score (nSPS) is 25.9. The van der Waals surface area contributed by atoms with E-state index in [2.05, 4.69) is 18.7 Å². The van der Waals surface area contributed by atoms with Crippen LogP contribution in [0.15, 0.2) is 0 Å². The molecular weight excluding hydrogens is 254 g/mol. The fraction of sp³-hybridized carbons (Fsp3) is 0.933. The molecule has 2 rings (SSSR count). The standard InChI is InChI=1S/C15H29N3O2/c1-12(2)17-6-5-14(11-17)15(19)16-7-9-18(10-8-16)20-13(3)4/h12-14H,5-11H2,1-4H3/t14-/m1/s1. The van der Waals surface area contributed by atoms with Crippen molar-refractivity contribution >= 4 is 5.91 Å². The molecule has 2 saturated heterocycles. The highest BCUT2D eigenvalue weighted by molar-refractivity contribution is 5.79. The van der Waals surface area contributed by atoms with Crippen molar-refractivity contribution < 1.29 is 9.63 Å². The van der Waals surface area contributed by atoms with Crippen molar-refractivity contribution in [2.24, 2.45) is 5.92 Å². The number of hydrogen-bond donors (Lipinski definition) is 0. The summed E-state index contributed by atoms with van der Waals surface area (Å²) in [4.78, 5) is 22.6. The molecule has 0 bridgehead atoms. The molecule has 2 fully saturated rings. The Hall–Kier alpha value is -0.650. The van der Waals surface area contributed by atoms with Gasteiger partial charge in [-0.15, -0.1) is 0 Å². The average molecular weight is 283 g/mol. The van der Waals surface area contributed by atoms with Gasteiger partial charge in [0, 0.05) is 38.8 Å². The molecule has 0 aromatic heterocycles. The number of nitrogens with zero attached hydrogens (tertiary/aromatic N) is 3. The number of rotatable bonds is 4. The van der Waals surface area contributed by atoms with Crippen LogP contribution in [0.1, 0.15) is 34.1 Å². The molecule has 1 amide bonds. The van der Waals surface area contributed by atoms with Gasteiger partial charge in [-0.1, -0.05) is 0 Å². The summed E-state index contributed by atoms with van der Waals surface area (Å²) in [6.07, 6.45) is 1.23. The summed E-state index contributed by atoms with van der Waals surface area (Å²) in [5, 5.41) is 1.99. The largest absolute Gasteiger partial charge is 0.340 e. The van der Waals surface area contributed by atoms with E-state index in [0.717, 1.165) is 45.7 Å². The fourth-order valence-electron chi connectivity index (χ4n) is 3.03. The third-order valence-corrected chi connectivity index (χ3v) is 4.21. The smallest absolute Gasteiger partial charge is 0.227 e. The van der Waals surface area contributed by atoms with Crippen LogP contribution in [-0.4, -0.2) is 72.2 Å². The monoisotopic (exact) mass is 283 g/mol. The van der Waals surface area contributed by atoms with E-state index in [1.165, 1.54) is 0 Å². The molecule has 116 valence electrons. The molecule has 2 heterocycles. The quantitative estimate of drug-likeness (QED) is 0.777. The van der Waals surface area contributed by atoms with Crippen LogP contribution in [0.3, 0.4) is 0 Å². The van der Waals surface area contributed by atoms with E-state index in [-0.39, 0.29) is 12.0 Å². The zero-order chi connectivity index (χ0) is 14.7. The maximum atomic E-state index is 12.5. The summed E-state index contributed by atoms with van der Waals surface area (Å²) in [6.45, 7) is 13.7. The lowest BCUT2D eigenvalue weighted by molar-refractivity contribution is -0.203. The van der Waals surface area contributed by atoms with Crippen molar-refractivity contribution in [3.63, 3.8) is 0 Å². The van der Waals surface area contributed by atoms with Crippen molar-refractivity contribution in [1.29, 1.82) is 0 Å². The number of hydroxylamine groups is 2. The van der Waals surface area contributed by atoms with Gasteiger partial charge in [0.25, 0.3) is 0 Å². The number of hydrogen-bond acceptors (Lipinski definition) is 4. The van der Waals surface area contributed by atoms with E-state index in [1.54, 1.807) is 0 Å². The first-order chi connectivity index (χ1) is 9.47. The minimum atomic E-state index is 0.204. The highest BCUT2D eigenvalue weighted by Crippen LogP contribution is 2.21. The third-order valence-electron chi connectivity index (χ3n) is 4.21. The van der Waals surface area contributed by atoms with Crippen LogP contribution in [0.2, 0.25) is 0 Å². The molecule has 1 atom stereocenters. The zero-order valence-electron chi connectivity index (χ0n) is 13.3. The van der Waals surface area contributed by atoms with Crippen LogP contribution in [0.4, 0.5) is 0 Å². The van der Waals surface area contributed by atoms with Crippen molar-refractivity contribution in [2.75, 3.05) is 39.3 Å². The molecular formula is C15H29N3O2. The molecule has 2 aliphatic heterocycles. The van der Waals surface area contributed by atoms with E-state index < -0.39 is 0 Å². The Kier molecular flexibility index (Phi) is 5.41. The van der Waals surface area contributed by atoms with Gasteiger partial charge in [-0.3, -0.25) is 9.63 Å². The van der Waals surface area contributed by atoms with Gasteiger partial charge in [0.15, 0.2) is 0 Å². The van der Waals surface area contributed by atoms with E-state index in [0.29, 0.717) is 11.9 Å². The lowest BCUT2D eigenvalue weighted by atomic mass is 10.1. The minimum Gasteiger partial charge on any atom is -0.340 e. The van der Waals surface area contributed by atoms with Crippen LogP contribution in [0, 0.1) is 5.92 Å². The second kappa shape index (κ2) is 6.87. The van der Waals surface area contributed by atoms with Gasteiger partial charge >= 0.3 is 0 Å². The Morgan fingerprint density at radius 2 is 1.70 bits per heavy atom. The number of likely N-dealkylation sites (tertiary alicyclic amines) is 1. The fourth-order valence-corrected chi connectivity index (χ4v) is 3.03. The SMILES string of the molecule is CC(C)ON1CCN(C(=O)[C@@H]2CCN(C(C)C)C2)CC1. The summed E-state index contributed by atoms with van der Waals surface area (Å²) < 4.78 is 0. The molecule has 0 unspecified atom stereocenters. The molecule has 0 aromatic rings.